The Morgan fingerprint density at radius 1 is 1.20 bits per heavy atom. The summed E-state index contributed by atoms with van der Waals surface area (Å²) in [6.07, 6.45) is 3.60. The molecule has 1 saturated carbocycles. The Kier molecular flexibility index (Phi) is 4.56. The molecule has 2 fully saturated rings. The van der Waals surface area contributed by atoms with Crippen molar-refractivity contribution in [3.8, 4) is 0 Å². The van der Waals surface area contributed by atoms with Gasteiger partial charge in [0.1, 0.15) is 17.5 Å². The number of hydrogen-bond acceptors (Lipinski definition) is 4. The molecule has 1 aliphatic heterocycles. The molecule has 1 aromatic heterocycles. The maximum Gasteiger partial charge on any atom is 0.146 e. The predicted octanol–water partition coefficient (Wildman–Crippen LogP) is 2.54. The van der Waals surface area contributed by atoms with E-state index in [0.717, 1.165) is 43.3 Å². The highest BCUT2D eigenvalue weighted by Gasteiger charge is 2.30. The minimum Gasteiger partial charge on any atom is -0.317 e. The summed E-state index contributed by atoms with van der Waals surface area (Å²) < 4.78 is 16.0. The highest BCUT2D eigenvalue weighted by Crippen LogP contribution is 2.38. The number of nitrogens with zero attached hydrogens (tertiary/aromatic N) is 5. The Balaban J connectivity index is 1.34. The van der Waals surface area contributed by atoms with Crippen molar-refractivity contribution in [1.29, 1.82) is 0 Å². The molecule has 0 amide bonds. The third kappa shape index (κ3) is 3.60. The summed E-state index contributed by atoms with van der Waals surface area (Å²) in [7, 11) is 4.23. The van der Waals surface area contributed by atoms with Crippen molar-refractivity contribution in [2.45, 2.75) is 44.3 Å². The molecule has 0 bridgehead atoms. The molecule has 0 radical (unpaired) electrons. The summed E-state index contributed by atoms with van der Waals surface area (Å²) in [5.41, 5.74) is 0.785. The summed E-state index contributed by atoms with van der Waals surface area (Å²) >= 11 is 0. The molecule has 1 saturated heterocycles. The van der Waals surface area contributed by atoms with E-state index in [4.69, 9.17) is 0 Å². The highest BCUT2D eigenvalue weighted by atomic mass is 19.1. The van der Waals surface area contributed by atoms with Gasteiger partial charge in [-0.3, -0.25) is 9.80 Å². The van der Waals surface area contributed by atoms with E-state index in [1.165, 1.54) is 12.8 Å². The van der Waals surface area contributed by atoms with Crippen LogP contribution < -0.4 is 0 Å². The Morgan fingerprint density at radius 3 is 2.76 bits per heavy atom. The molecule has 2 heterocycles. The Labute approximate surface area is 148 Å². The van der Waals surface area contributed by atoms with E-state index in [-0.39, 0.29) is 5.82 Å². The first-order chi connectivity index (χ1) is 12.1. The van der Waals surface area contributed by atoms with Crippen molar-refractivity contribution in [3.63, 3.8) is 0 Å². The third-order valence-corrected chi connectivity index (χ3v) is 5.55. The van der Waals surface area contributed by atoms with Crippen molar-refractivity contribution in [2.24, 2.45) is 7.05 Å². The molecule has 6 heteroatoms. The van der Waals surface area contributed by atoms with E-state index in [1.54, 1.807) is 12.1 Å². The van der Waals surface area contributed by atoms with Crippen LogP contribution in [0.2, 0.25) is 0 Å². The molecule has 2 aromatic rings. The Morgan fingerprint density at radius 2 is 2.00 bits per heavy atom. The van der Waals surface area contributed by atoms with E-state index in [9.17, 15) is 4.39 Å². The quantitative estimate of drug-likeness (QED) is 0.808. The second kappa shape index (κ2) is 6.84. The first-order valence-electron chi connectivity index (χ1n) is 9.16. The summed E-state index contributed by atoms with van der Waals surface area (Å²) in [5.74, 6) is 2.69. The predicted molar refractivity (Wildman–Crippen MR) is 94.5 cm³/mol. The fraction of sp³-hybridized carbons (Fsp3) is 0.579. The minimum absolute atomic E-state index is 0.106. The Hall–Kier alpha value is -1.79. The van der Waals surface area contributed by atoms with Crippen LogP contribution in [0.25, 0.3) is 0 Å². The summed E-state index contributed by atoms with van der Waals surface area (Å²) in [6.45, 7) is 3.48. The molecule has 2 aliphatic rings. The van der Waals surface area contributed by atoms with Crippen molar-refractivity contribution < 1.29 is 4.39 Å². The van der Waals surface area contributed by atoms with Gasteiger partial charge in [0.25, 0.3) is 0 Å². The van der Waals surface area contributed by atoms with Gasteiger partial charge in [-0.05, 0) is 32.4 Å². The van der Waals surface area contributed by atoms with Crippen LogP contribution in [0.1, 0.15) is 42.4 Å². The van der Waals surface area contributed by atoms with Gasteiger partial charge in [-0.1, -0.05) is 18.2 Å². The largest absolute Gasteiger partial charge is 0.317 e. The van der Waals surface area contributed by atoms with Crippen LogP contribution in [0, 0.1) is 5.82 Å². The number of aromatic nitrogens is 3. The lowest BCUT2D eigenvalue weighted by molar-refractivity contribution is 0.216. The molecule has 134 valence electrons. The van der Waals surface area contributed by atoms with Crippen molar-refractivity contribution in [3.05, 3.63) is 47.3 Å². The summed E-state index contributed by atoms with van der Waals surface area (Å²) in [6, 6.07) is 7.55. The lowest BCUT2D eigenvalue weighted by Crippen LogP contribution is -2.34. The van der Waals surface area contributed by atoms with E-state index in [0.29, 0.717) is 18.5 Å². The lowest BCUT2D eigenvalue weighted by Gasteiger charge is -2.24. The fourth-order valence-corrected chi connectivity index (χ4v) is 3.75. The number of rotatable bonds is 6. The monoisotopic (exact) mass is 343 g/mol. The molecule has 1 aliphatic carbocycles. The maximum atomic E-state index is 13.8. The molecule has 0 spiro atoms. The van der Waals surface area contributed by atoms with E-state index in [2.05, 4.69) is 38.7 Å². The van der Waals surface area contributed by atoms with Crippen molar-refractivity contribution in [1.82, 2.24) is 24.6 Å². The van der Waals surface area contributed by atoms with E-state index in [1.807, 2.05) is 12.1 Å². The van der Waals surface area contributed by atoms with Gasteiger partial charge in [-0.15, -0.1) is 10.2 Å². The molecular formula is C19H26FN5. The minimum atomic E-state index is -0.106. The molecule has 25 heavy (non-hydrogen) atoms. The second-order valence-corrected chi connectivity index (χ2v) is 7.49. The van der Waals surface area contributed by atoms with Gasteiger partial charge >= 0.3 is 0 Å². The molecule has 1 atom stereocenters. The topological polar surface area (TPSA) is 37.2 Å². The van der Waals surface area contributed by atoms with E-state index < -0.39 is 0 Å². The molecule has 4 rings (SSSR count). The highest BCUT2D eigenvalue weighted by molar-refractivity contribution is 5.17. The summed E-state index contributed by atoms with van der Waals surface area (Å²) in [4.78, 5) is 4.70. The first kappa shape index (κ1) is 16.7. The first-order valence-corrected chi connectivity index (χ1v) is 9.16. The zero-order valence-corrected chi connectivity index (χ0v) is 15.0. The second-order valence-electron chi connectivity index (χ2n) is 7.49. The standard InChI is InChI=1S/C19H26FN5/c1-23(13-18-21-22-19(24(18)2)14-7-8-14)16-9-10-25(12-16)11-15-5-3-4-6-17(15)20/h3-6,14,16H,7-13H2,1-2H3/t16-/m1/s1. The number of hydrogen-bond donors (Lipinski definition) is 0. The van der Waals surface area contributed by atoms with Crippen LogP contribution in [-0.4, -0.2) is 50.7 Å². The molecular weight excluding hydrogens is 317 g/mol. The zero-order valence-electron chi connectivity index (χ0n) is 15.0. The lowest BCUT2D eigenvalue weighted by atomic mass is 10.2. The van der Waals surface area contributed by atoms with Crippen LogP contribution >= 0.6 is 0 Å². The van der Waals surface area contributed by atoms with E-state index >= 15 is 0 Å². The summed E-state index contributed by atoms with van der Waals surface area (Å²) in [5, 5.41) is 8.77. The van der Waals surface area contributed by atoms with Gasteiger partial charge < -0.3 is 4.57 Å². The average molecular weight is 343 g/mol. The smallest absolute Gasteiger partial charge is 0.146 e. The SMILES string of the molecule is CN(Cc1nnc(C2CC2)n1C)[C@@H]1CCN(Cc2ccccc2F)C1. The maximum absolute atomic E-state index is 13.8. The van der Waals surface area contributed by atoms with Gasteiger partial charge in [-0.2, -0.15) is 0 Å². The third-order valence-electron chi connectivity index (χ3n) is 5.55. The molecule has 1 aromatic carbocycles. The van der Waals surface area contributed by atoms with Crippen LogP contribution in [-0.2, 0) is 20.1 Å². The normalized spacial score (nSPS) is 21.4. The van der Waals surface area contributed by atoms with Crippen molar-refractivity contribution in [2.75, 3.05) is 20.1 Å². The molecule has 0 N–H and O–H groups in total. The molecule has 5 nitrogen and oxygen atoms in total. The van der Waals surface area contributed by atoms with Gasteiger partial charge in [0.05, 0.1) is 6.54 Å². The Bertz CT molecular complexity index is 739. The number of likely N-dealkylation sites (N-methyl/N-ethyl adjacent to an activating group) is 1. The van der Waals surface area contributed by atoms with Crippen LogP contribution in [0.4, 0.5) is 4.39 Å². The zero-order chi connectivity index (χ0) is 17.4. The van der Waals surface area contributed by atoms with Gasteiger partial charge in [-0.25, -0.2) is 4.39 Å². The van der Waals surface area contributed by atoms with Gasteiger partial charge in [0.15, 0.2) is 0 Å². The van der Waals surface area contributed by atoms with Gasteiger partial charge in [0, 0.05) is 44.2 Å². The number of benzene rings is 1. The van der Waals surface area contributed by atoms with Crippen molar-refractivity contribution >= 4 is 0 Å². The number of halogens is 1. The number of likely N-dealkylation sites (tertiary alicyclic amines) is 1. The van der Waals surface area contributed by atoms with Crippen LogP contribution in [0.5, 0.6) is 0 Å². The van der Waals surface area contributed by atoms with Gasteiger partial charge in [0.2, 0.25) is 0 Å². The fourth-order valence-electron chi connectivity index (χ4n) is 3.75. The molecule has 0 unspecified atom stereocenters. The van der Waals surface area contributed by atoms with Crippen LogP contribution in [0.15, 0.2) is 24.3 Å². The van der Waals surface area contributed by atoms with Crippen LogP contribution in [0.3, 0.4) is 0 Å². The average Bonchev–Trinajstić information content (AvgIpc) is 3.23.